The van der Waals surface area contributed by atoms with Crippen molar-refractivity contribution in [3.8, 4) is 22.3 Å². The molecule has 3 nitrogen and oxygen atoms in total. The first kappa shape index (κ1) is 70.2. The summed E-state index contributed by atoms with van der Waals surface area (Å²) in [6.45, 7) is 37.4. The highest BCUT2D eigenvalue weighted by atomic mass is 28.3. The van der Waals surface area contributed by atoms with Gasteiger partial charge >= 0.3 is 0 Å². The van der Waals surface area contributed by atoms with Crippen LogP contribution in [-0.4, -0.2) is 8.80 Å². The summed E-state index contributed by atoms with van der Waals surface area (Å²) >= 11 is 0. The van der Waals surface area contributed by atoms with E-state index >= 15 is 0 Å². The lowest BCUT2D eigenvalue weighted by Gasteiger charge is -2.37. The molecule has 0 amide bonds. The van der Waals surface area contributed by atoms with Crippen molar-refractivity contribution < 1.29 is 4.42 Å². The molecule has 1 aliphatic carbocycles. The number of furan rings is 1. The molecule has 0 spiro atoms. The van der Waals surface area contributed by atoms with Crippen molar-refractivity contribution in [3.05, 3.63) is 358 Å². The predicted molar refractivity (Wildman–Crippen MR) is 465 cm³/mol. The lowest BCUT2D eigenvalue weighted by Crippen LogP contribution is -2.37. The van der Waals surface area contributed by atoms with E-state index in [0.29, 0.717) is 6.42 Å². The topological polar surface area (TPSA) is 19.6 Å². The maximum Gasteiger partial charge on any atom is 0.143 e. The molecule has 0 bridgehead atoms. The third-order valence-electron chi connectivity index (χ3n) is 24.0. The summed E-state index contributed by atoms with van der Waals surface area (Å²) in [5.41, 5.74) is 27.8. The van der Waals surface area contributed by atoms with Gasteiger partial charge in [0, 0.05) is 56.0 Å². The fourth-order valence-corrected chi connectivity index (χ4v) is 21.0. The summed E-state index contributed by atoms with van der Waals surface area (Å²) in [5, 5.41) is 10.1. The third kappa shape index (κ3) is 11.8. The minimum atomic E-state index is -2.13. The van der Waals surface area contributed by atoms with Gasteiger partial charge in [0.2, 0.25) is 0 Å². The van der Waals surface area contributed by atoms with Crippen LogP contribution in [0, 0.1) is 0 Å². The van der Waals surface area contributed by atoms with Crippen molar-refractivity contribution in [2.24, 2.45) is 0 Å². The van der Waals surface area contributed by atoms with Crippen LogP contribution in [0.3, 0.4) is 0 Å². The standard InChI is InChI=1S/C104H100N2OSi/c1-99(2,3)70-41-39-68(40-42-70)86(83-35-25-29-66-27-17-19-31-81(66)83)63-69-64-87-95(97-93(69)84-33-21-23-37-91(84)107-97)96-88(65-90(94-85-34-22-24-38-92(85)108(16)98(94)96)106(80-59-51-74(52-60-80)103(13,14)15)89-36-26-30-67-28-18-20-32-82(67)89)104(87,75-45-43-71(44-46-75)100(4,5)6)76-53-61-79(62-54-76)105(77-55-47-72(48-56-77)101(7,8)9)78-57-49-73(50-58-78)102(10,11)12/h17-62,64-65,86,108H,63H2,1-16H3/t86-,104?,108?/m0/s1. The number of hydrogen-bond acceptors (Lipinski definition) is 3. The van der Waals surface area contributed by atoms with Crippen LogP contribution in [0.2, 0.25) is 6.55 Å². The molecule has 536 valence electrons. The van der Waals surface area contributed by atoms with E-state index in [2.05, 4.69) is 411 Å². The number of para-hydroxylation sites is 1. The summed E-state index contributed by atoms with van der Waals surface area (Å²) in [7, 11) is -2.13. The molecule has 2 aliphatic rings. The maximum atomic E-state index is 7.92. The molecule has 1 aromatic heterocycles. The number of rotatable bonds is 12. The Bertz CT molecular complexity index is 5890. The Balaban J connectivity index is 1.03. The average Bonchev–Trinajstić information content (AvgIpc) is 1.50. The van der Waals surface area contributed by atoms with Crippen LogP contribution in [0.5, 0.6) is 0 Å². The van der Waals surface area contributed by atoms with Crippen molar-refractivity contribution in [2.45, 2.75) is 155 Å². The predicted octanol–water partition coefficient (Wildman–Crippen LogP) is 27.0. The number of fused-ring (bicyclic) bond motifs is 13. The Morgan fingerprint density at radius 3 is 1.32 bits per heavy atom. The number of nitrogens with zero attached hydrogens (tertiary/aromatic N) is 2. The third-order valence-corrected chi connectivity index (χ3v) is 26.9. The molecule has 0 N–H and O–H groups in total. The molecule has 2 unspecified atom stereocenters. The highest BCUT2D eigenvalue weighted by molar-refractivity contribution is 6.90. The van der Waals surface area contributed by atoms with Gasteiger partial charge in [-0.15, -0.1) is 0 Å². The maximum absolute atomic E-state index is 7.92. The Morgan fingerprint density at radius 1 is 0.361 bits per heavy atom. The smallest absolute Gasteiger partial charge is 0.143 e. The largest absolute Gasteiger partial charge is 0.455 e. The van der Waals surface area contributed by atoms with Gasteiger partial charge in [0.1, 0.15) is 20.0 Å². The van der Waals surface area contributed by atoms with Gasteiger partial charge in [-0.2, -0.15) is 0 Å². The second kappa shape index (κ2) is 26.0. The van der Waals surface area contributed by atoms with Crippen LogP contribution in [-0.2, 0) is 38.9 Å². The molecular weight excluding hydrogens is 1320 g/mol. The highest BCUT2D eigenvalue weighted by Crippen LogP contribution is 2.63. The monoisotopic (exact) mass is 1420 g/mol. The van der Waals surface area contributed by atoms with Gasteiger partial charge in [0.25, 0.3) is 0 Å². The lowest BCUT2D eigenvalue weighted by molar-refractivity contribution is 0.589. The molecule has 2 heterocycles. The fraction of sp³-hybridized carbons (Fsp3) is 0.231. The van der Waals surface area contributed by atoms with E-state index in [9.17, 15) is 0 Å². The fourth-order valence-electron chi connectivity index (χ4n) is 18.1. The summed E-state index contributed by atoms with van der Waals surface area (Å²) in [5.74, 6) is -0.0406. The van der Waals surface area contributed by atoms with Crippen molar-refractivity contribution in [1.82, 2.24) is 0 Å². The van der Waals surface area contributed by atoms with Crippen LogP contribution in [0.1, 0.15) is 177 Å². The van der Waals surface area contributed by atoms with Crippen LogP contribution >= 0.6 is 0 Å². The Kier molecular flexibility index (Phi) is 16.9. The molecule has 0 saturated carbocycles. The number of anilines is 6. The summed E-state index contributed by atoms with van der Waals surface area (Å²) in [4.78, 5) is 5.11. The second-order valence-electron chi connectivity index (χ2n) is 36.1. The molecule has 15 aromatic rings. The summed E-state index contributed by atoms with van der Waals surface area (Å²) in [6, 6.07) is 113. The lowest BCUT2D eigenvalue weighted by atomic mass is 9.66. The first-order valence-corrected chi connectivity index (χ1v) is 41.4. The molecule has 4 heteroatoms. The minimum Gasteiger partial charge on any atom is -0.455 e. The van der Waals surface area contributed by atoms with Crippen LogP contribution < -0.4 is 20.2 Å². The van der Waals surface area contributed by atoms with Gasteiger partial charge in [-0.3, -0.25) is 0 Å². The molecule has 0 fully saturated rings. The van der Waals surface area contributed by atoms with E-state index in [1.54, 1.807) is 0 Å². The summed E-state index contributed by atoms with van der Waals surface area (Å²) < 4.78 is 7.92. The van der Waals surface area contributed by atoms with E-state index < -0.39 is 14.2 Å². The molecule has 1 aliphatic heterocycles. The number of hydrogen-bond donors (Lipinski definition) is 0. The normalized spacial score (nSPS) is 15.4. The Labute approximate surface area is 642 Å². The van der Waals surface area contributed by atoms with Crippen molar-refractivity contribution in [3.63, 3.8) is 0 Å². The zero-order chi connectivity index (χ0) is 75.1. The van der Waals surface area contributed by atoms with Gasteiger partial charge in [-0.25, -0.2) is 0 Å². The zero-order valence-electron chi connectivity index (χ0n) is 65.9. The average molecular weight is 1420 g/mol. The van der Waals surface area contributed by atoms with Gasteiger partial charge in [0.05, 0.1) is 16.8 Å². The molecule has 0 saturated heterocycles. The molecule has 108 heavy (non-hydrogen) atoms. The van der Waals surface area contributed by atoms with Crippen LogP contribution in [0.4, 0.5) is 34.1 Å². The van der Waals surface area contributed by atoms with Crippen LogP contribution in [0.25, 0.3) is 65.7 Å². The van der Waals surface area contributed by atoms with E-state index in [1.807, 2.05) is 0 Å². The first-order valence-electron chi connectivity index (χ1n) is 39.1. The number of benzene rings is 14. The molecule has 14 aromatic carbocycles. The Morgan fingerprint density at radius 2 is 0.778 bits per heavy atom. The molecule has 17 rings (SSSR count). The van der Waals surface area contributed by atoms with E-state index in [-0.39, 0.29) is 33.0 Å². The molecule has 3 atom stereocenters. The van der Waals surface area contributed by atoms with E-state index in [4.69, 9.17) is 4.42 Å². The van der Waals surface area contributed by atoms with Crippen LogP contribution in [0.15, 0.2) is 296 Å². The Hall–Kier alpha value is -10.8. The van der Waals surface area contributed by atoms with Gasteiger partial charge in [-0.1, -0.05) is 340 Å². The highest BCUT2D eigenvalue weighted by Gasteiger charge is 2.52. The molecule has 0 radical (unpaired) electrons. The minimum absolute atomic E-state index is 0.0131. The van der Waals surface area contributed by atoms with Gasteiger partial charge in [0.15, 0.2) is 0 Å². The van der Waals surface area contributed by atoms with E-state index in [0.717, 1.165) is 45.0 Å². The van der Waals surface area contributed by atoms with E-state index in [1.165, 1.54) is 132 Å². The quantitative estimate of drug-likeness (QED) is 0.114. The van der Waals surface area contributed by atoms with Crippen molar-refractivity contribution in [2.75, 3.05) is 9.80 Å². The molecular formula is C104H100N2OSi. The van der Waals surface area contributed by atoms with Crippen molar-refractivity contribution >= 4 is 96.8 Å². The summed E-state index contributed by atoms with van der Waals surface area (Å²) in [6.07, 6.45) is 0.709. The zero-order valence-corrected chi connectivity index (χ0v) is 67.0. The van der Waals surface area contributed by atoms with Crippen molar-refractivity contribution in [1.29, 1.82) is 0 Å². The SMILES string of the molecule is C[SiH]1c2ccccc2-c2c(N(c3ccc(C(C)(C)C)cc3)c3cccc4ccccc34)cc3c(c21)-c1c(cc(C[C@@H](c2ccc(C(C)(C)C)cc2)c2cccc4ccccc24)c2c1oc1ccccc12)C3(c1ccc(N(c2ccc(C(C)(C)C)cc2)c2ccc(C(C)(C)C)cc2)cc1)c1ccc(C(C)(C)C)cc1. The van der Waals surface area contributed by atoms with Gasteiger partial charge in [-0.05, 0) is 199 Å². The first-order chi connectivity index (χ1) is 51.6. The van der Waals surface area contributed by atoms with Gasteiger partial charge < -0.3 is 14.2 Å². The second-order valence-corrected chi connectivity index (χ2v) is 38.7.